The summed E-state index contributed by atoms with van der Waals surface area (Å²) in [5.74, 6) is 0.928. The predicted molar refractivity (Wildman–Crippen MR) is 79.9 cm³/mol. The standard InChI is InChI=1S/C13H21NOS.ClH/c1-11-4-6-12(7-5-11)15-9-8-14-10-13(2,3)16;/h4-7,14,16H,8-10H2,1-3H3;1H. The maximum Gasteiger partial charge on any atom is 0.119 e. The van der Waals surface area contributed by atoms with Gasteiger partial charge in [-0.15, -0.1) is 12.4 Å². The van der Waals surface area contributed by atoms with E-state index in [-0.39, 0.29) is 17.2 Å². The molecule has 0 amide bonds. The van der Waals surface area contributed by atoms with Gasteiger partial charge in [-0.2, -0.15) is 12.6 Å². The van der Waals surface area contributed by atoms with Crippen molar-refractivity contribution in [2.24, 2.45) is 0 Å². The molecular weight excluding hydrogens is 254 g/mol. The summed E-state index contributed by atoms with van der Waals surface area (Å²) in [6.45, 7) is 8.66. The topological polar surface area (TPSA) is 21.3 Å². The normalized spacial score (nSPS) is 10.8. The Balaban J connectivity index is 0.00000256. The molecule has 98 valence electrons. The highest BCUT2D eigenvalue weighted by Gasteiger charge is 2.09. The molecule has 0 aliphatic heterocycles. The third-order valence-electron chi connectivity index (χ3n) is 2.13. The molecule has 0 fully saturated rings. The molecule has 0 bridgehead atoms. The SMILES string of the molecule is Cc1ccc(OCCNCC(C)(C)S)cc1.Cl. The van der Waals surface area contributed by atoms with E-state index in [1.54, 1.807) is 0 Å². The van der Waals surface area contributed by atoms with Crippen molar-refractivity contribution in [3.63, 3.8) is 0 Å². The lowest BCUT2D eigenvalue weighted by atomic mass is 10.2. The lowest BCUT2D eigenvalue weighted by Gasteiger charge is -2.17. The molecule has 17 heavy (non-hydrogen) atoms. The summed E-state index contributed by atoms with van der Waals surface area (Å²) in [6, 6.07) is 8.11. The molecule has 1 aromatic rings. The van der Waals surface area contributed by atoms with Gasteiger partial charge in [-0.1, -0.05) is 17.7 Å². The fourth-order valence-corrected chi connectivity index (χ4v) is 1.38. The molecule has 0 aliphatic carbocycles. The zero-order chi connectivity index (χ0) is 12.0. The summed E-state index contributed by atoms with van der Waals surface area (Å²) < 4.78 is 5.62. The molecule has 0 saturated heterocycles. The summed E-state index contributed by atoms with van der Waals surface area (Å²) in [5, 5.41) is 3.31. The van der Waals surface area contributed by atoms with Crippen molar-refractivity contribution in [2.45, 2.75) is 25.5 Å². The van der Waals surface area contributed by atoms with Gasteiger partial charge in [0.15, 0.2) is 0 Å². The molecule has 1 N–H and O–H groups in total. The Labute approximate surface area is 116 Å². The zero-order valence-corrected chi connectivity index (χ0v) is 12.4. The maximum atomic E-state index is 5.59. The summed E-state index contributed by atoms with van der Waals surface area (Å²) in [7, 11) is 0. The second-order valence-electron chi connectivity index (χ2n) is 4.65. The summed E-state index contributed by atoms with van der Waals surface area (Å²) in [5.41, 5.74) is 1.25. The van der Waals surface area contributed by atoms with Gasteiger partial charge in [-0.3, -0.25) is 0 Å². The van der Waals surface area contributed by atoms with Gasteiger partial charge < -0.3 is 10.1 Å². The monoisotopic (exact) mass is 275 g/mol. The number of benzene rings is 1. The van der Waals surface area contributed by atoms with E-state index < -0.39 is 0 Å². The summed E-state index contributed by atoms with van der Waals surface area (Å²) in [4.78, 5) is 0. The van der Waals surface area contributed by atoms with Crippen LogP contribution in [-0.2, 0) is 0 Å². The minimum atomic E-state index is 0. The molecule has 1 rings (SSSR count). The van der Waals surface area contributed by atoms with Crippen LogP contribution in [0.4, 0.5) is 0 Å². The van der Waals surface area contributed by atoms with E-state index in [0.717, 1.165) is 18.8 Å². The third-order valence-corrected chi connectivity index (χ3v) is 2.28. The van der Waals surface area contributed by atoms with Gasteiger partial charge >= 0.3 is 0 Å². The van der Waals surface area contributed by atoms with Crippen LogP contribution in [0.25, 0.3) is 0 Å². The van der Waals surface area contributed by atoms with Crippen molar-refractivity contribution < 1.29 is 4.74 Å². The highest BCUT2D eigenvalue weighted by molar-refractivity contribution is 7.81. The van der Waals surface area contributed by atoms with E-state index in [9.17, 15) is 0 Å². The summed E-state index contributed by atoms with van der Waals surface area (Å²) in [6.07, 6.45) is 0. The average molecular weight is 276 g/mol. The van der Waals surface area contributed by atoms with Crippen LogP contribution in [0.5, 0.6) is 5.75 Å². The highest BCUT2D eigenvalue weighted by Crippen LogP contribution is 2.11. The Morgan fingerprint density at radius 3 is 2.35 bits per heavy atom. The number of aryl methyl sites for hydroxylation is 1. The van der Waals surface area contributed by atoms with E-state index in [0.29, 0.717) is 6.61 Å². The molecule has 1 aromatic carbocycles. The number of hydrogen-bond donors (Lipinski definition) is 2. The zero-order valence-electron chi connectivity index (χ0n) is 10.7. The minimum Gasteiger partial charge on any atom is -0.492 e. The van der Waals surface area contributed by atoms with Crippen LogP contribution in [0.3, 0.4) is 0 Å². The molecule has 0 aromatic heterocycles. The molecule has 0 spiro atoms. The Bertz CT molecular complexity index is 308. The quantitative estimate of drug-likeness (QED) is 0.615. The van der Waals surface area contributed by atoms with Gasteiger partial charge in [0, 0.05) is 17.8 Å². The van der Waals surface area contributed by atoms with Crippen LogP contribution < -0.4 is 10.1 Å². The summed E-state index contributed by atoms with van der Waals surface area (Å²) >= 11 is 4.43. The number of ether oxygens (including phenoxy) is 1. The Morgan fingerprint density at radius 2 is 1.82 bits per heavy atom. The first-order chi connectivity index (χ1) is 7.47. The van der Waals surface area contributed by atoms with Crippen molar-refractivity contribution in [3.8, 4) is 5.75 Å². The van der Waals surface area contributed by atoms with Crippen LogP contribution in [0.2, 0.25) is 0 Å². The van der Waals surface area contributed by atoms with Gasteiger partial charge in [0.25, 0.3) is 0 Å². The van der Waals surface area contributed by atoms with Gasteiger partial charge in [0.05, 0.1) is 0 Å². The lowest BCUT2D eigenvalue weighted by Crippen LogP contribution is -2.32. The van der Waals surface area contributed by atoms with Gasteiger partial charge in [-0.25, -0.2) is 0 Å². The van der Waals surface area contributed by atoms with Crippen molar-refractivity contribution >= 4 is 25.0 Å². The highest BCUT2D eigenvalue weighted by atomic mass is 35.5. The molecule has 0 unspecified atom stereocenters. The molecular formula is C13H22ClNOS. The van der Waals surface area contributed by atoms with Crippen molar-refractivity contribution in [1.82, 2.24) is 5.32 Å². The first-order valence-corrected chi connectivity index (χ1v) is 6.05. The molecule has 0 heterocycles. The number of nitrogens with one attached hydrogen (secondary N) is 1. The number of rotatable bonds is 6. The second kappa shape index (κ2) is 7.85. The van der Waals surface area contributed by atoms with Crippen LogP contribution >= 0.6 is 25.0 Å². The van der Waals surface area contributed by atoms with Crippen LogP contribution in [0.1, 0.15) is 19.4 Å². The van der Waals surface area contributed by atoms with Gasteiger partial charge in [0.2, 0.25) is 0 Å². The van der Waals surface area contributed by atoms with E-state index in [1.165, 1.54) is 5.56 Å². The first kappa shape index (κ1) is 16.6. The van der Waals surface area contributed by atoms with Crippen LogP contribution in [-0.4, -0.2) is 24.4 Å². The molecule has 0 atom stereocenters. The molecule has 2 nitrogen and oxygen atoms in total. The van der Waals surface area contributed by atoms with E-state index in [4.69, 9.17) is 4.74 Å². The fourth-order valence-electron chi connectivity index (χ4n) is 1.27. The van der Waals surface area contributed by atoms with Crippen molar-refractivity contribution in [3.05, 3.63) is 29.8 Å². The van der Waals surface area contributed by atoms with E-state index >= 15 is 0 Å². The van der Waals surface area contributed by atoms with E-state index in [2.05, 4.69) is 50.8 Å². The largest absolute Gasteiger partial charge is 0.492 e. The molecule has 0 aliphatic rings. The average Bonchev–Trinajstić information content (AvgIpc) is 2.19. The molecule has 0 saturated carbocycles. The Hall–Kier alpha value is -0.380. The van der Waals surface area contributed by atoms with Gasteiger partial charge in [-0.05, 0) is 32.9 Å². The van der Waals surface area contributed by atoms with Crippen LogP contribution in [0.15, 0.2) is 24.3 Å². The predicted octanol–water partition coefficient (Wildman–Crippen LogP) is 3.09. The van der Waals surface area contributed by atoms with Crippen molar-refractivity contribution in [2.75, 3.05) is 19.7 Å². The number of hydrogen-bond acceptors (Lipinski definition) is 3. The Kier molecular flexibility index (Phi) is 7.68. The second-order valence-corrected chi connectivity index (χ2v) is 5.86. The third kappa shape index (κ3) is 8.36. The minimum absolute atomic E-state index is 0. The van der Waals surface area contributed by atoms with Gasteiger partial charge in [0.1, 0.15) is 12.4 Å². The molecule has 4 heteroatoms. The smallest absolute Gasteiger partial charge is 0.119 e. The lowest BCUT2D eigenvalue weighted by molar-refractivity contribution is 0.312. The van der Waals surface area contributed by atoms with Crippen molar-refractivity contribution in [1.29, 1.82) is 0 Å². The number of thiol groups is 1. The Morgan fingerprint density at radius 1 is 1.24 bits per heavy atom. The number of halogens is 1. The van der Waals surface area contributed by atoms with Crippen LogP contribution in [0, 0.1) is 6.92 Å². The fraction of sp³-hybridized carbons (Fsp3) is 0.538. The first-order valence-electron chi connectivity index (χ1n) is 5.60. The molecule has 0 radical (unpaired) electrons. The van der Waals surface area contributed by atoms with E-state index in [1.807, 2.05) is 12.1 Å². The maximum absolute atomic E-state index is 5.59.